The molecule has 3 heterocycles. The summed E-state index contributed by atoms with van der Waals surface area (Å²) in [5.74, 6) is 0.606. The highest BCUT2D eigenvalue weighted by atomic mass is 32.1. The first-order chi connectivity index (χ1) is 12.9. The van der Waals surface area contributed by atoms with Crippen LogP contribution in [0, 0.1) is 0 Å². The standard InChI is InChI=1S/C19H14N6S/c1-2-6-13(7-3-1)17-16(25-10-11-26-19(25)23-17)12-20-24-18-21-14-8-4-5-9-15(14)22-18/h1-12H,(H2,21,22,24). The number of nitrogens with zero attached hydrogens (tertiary/aromatic N) is 4. The molecule has 0 aliphatic rings. The van der Waals surface area contributed by atoms with E-state index in [0.717, 1.165) is 32.9 Å². The van der Waals surface area contributed by atoms with E-state index in [0.29, 0.717) is 5.95 Å². The second kappa shape index (κ2) is 6.12. The van der Waals surface area contributed by atoms with Crippen LogP contribution in [0.4, 0.5) is 5.95 Å². The molecule has 5 aromatic rings. The van der Waals surface area contributed by atoms with Gasteiger partial charge in [-0.1, -0.05) is 42.5 Å². The molecule has 0 bridgehead atoms. The number of anilines is 1. The maximum absolute atomic E-state index is 4.74. The lowest BCUT2D eigenvalue weighted by atomic mass is 10.1. The molecule has 7 heteroatoms. The van der Waals surface area contributed by atoms with Crippen LogP contribution in [-0.4, -0.2) is 25.6 Å². The molecule has 26 heavy (non-hydrogen) atoms. The number of imidazole rings is 2. The summed E-state index contributed by atoms with van der Waals surface area (Å²) < 4.78 is 2.04. The van der Waals surface area contributed by atoms with Crippen LogP contribution in [0.1, 0.15) is 5.69 Å². The van der Waals surface area contributed by atoms with Gasteiger partial charge >= 0.3 is 0 Å². The number of aromatic amines is 1. The third-order valence-electron chi connectivity index (χ3n) is 4.09. The second-order valence-electron chi connectivity index (χ2n) is 5.74. The molecule has 0 unspecified atom stereocenters. The molecule has 0 aliphatic heterocycles. The maximum Gasteiger partial charge on any atom is 0.222 e. The first kappa shape index (κ1) is 14.9. The average molecular weight is 358 g/mol. The van der Waals surface area contributed by atoms with E-state index in [2.05, 4.69) is 32.6 Å². The van der Waals surface area contributed by atoms with Gasteiger partial charge in [-0.05, 0) is 12.1 Å². The maximum atomic E-state index is 4.74. The van der Waals surface area contributed by atoms with Crippen molar-refractivity contribution in [2.24, 2.45) is 5.10 Å². The van der Waals surface area contributed by atoms with Gasteiger partial charge in [0.05, 0.1) is 28.6 Å². The van der Waals surface area contributed by atoms with E-state index < -0.39 is 0 Å². The van der Waals surface area contributed by atoms with Crippen molar-refractivity contribution in [2.75, 3.05) is 5.43 Å². The molecule has 0 atom stereocenters. The van der Waals surface area contributed by atoms with E-state index in [4.69, 9.17) is 4.98 Å². The highest BCUT2D eigenvalue weighted by molar-refractivity contribution is 7.15. The van der Waals surface area contributed by atoms with Gasteiger partial charge in [-0.3, -0.25) is 4.40 Å². The van der Waals surface area contributed by atoms with Crippen molar-refractivity contribution in [3.63, 3.8) is 0 Å². The van der Waals surface area contributed by atoms with Gasteiger partial charge in [0.15, 0.2) is 4.96 Å². The van der Waals surface area contributed by atoms with Crippen LogP contribution in [0.25, 0.3) is 27.3 Å². The summed E-state index contributed by atoms with van der Waals surface area (Å²) in [4.78, 5) is 13.3. The lowest BCUT2D eigenvalue weighted by Crippen LogP contribution is -1.96. The number of nitrogens with one attached hydrogen (secondary N) is 2. The fourth-order valence-corrected chi connectivity index (χ4v) is 3.62. The summed E-state index contributed by atoms with van der Waals surface area (Å²) in [6.07, 6.45) is 3.78. The fraction of sp³-hybridized carbons (Fsp3) is 0. The second-order valence-corrected chi connectivity index (χ2v) is 6.61. The summed E-state index contributed by atoms with van der Waals surface area (Å²) in [6, 6.07) is 18.0. The molecule has 2 aromatic carbocycles. The summed E-state index contributed by atoms with van der Waals surface area (Å²) in [5, 5.41) is 6.39. The number of hydrogen-bond acceptors (Lipinski definition) is 5. The molecule has 0 spiro atoms. The molecule has 0 fully saturated rings. The smallest absolute Gasteiger partial charge is 0.222 e. The largest absolute Gasteiger partial charge is 0.323 e. The van der Waals surface area contributed by atoms with E-state index in [1.165, 1.54) is 0 Å². The summed E-state index contributed by atoms with van der Waals surface area (Å²) >= 11 is 1.60. The number of aromatic nitrogens is 4. The van der Waals surface area contributed by atoms with E-state index in [9.17, 15) is 0 Å². The molecular formula is C19H14N6S. The lowest BCUT2D eigenvalue weighted by Gasteiger charge is -1.99. The molecule has 0 amide bonds. The Kier molecular flexibility index (Phi) is 3.50. The van der Waals surface area contributed by atoms with Crippen molar-refractivity contribution < 1.29 is 0 Å². The fourth-order valence-electron chi connectivity index (χ4n) is 2.90. The molecular weight excluding hydrogens is 344 g/mol. The highest BCUT2D eigenvalue weighted by Crippen LogP contribution is 2.25. The topological polar surface area (TPSA) is 70.4 Å². The predicted octanol–water partition coefficient (Wildman–Crippen LogP) is 4.39. The first-order valence-electron chi connectivity index (χ1n) is 8.13. The number of hydrogen-bond donors (Lipinski definition) is 2. The van der Waals surface area contributed by atoms with Crippen molar-refractivity contribution in [1.29, 1.82) is 0 Å². The monoisotopic (exact) mass is 358 g/mol. The molecule has 3 aromatic heterocycles. The minimum Gasteiger partial charge on any atom is -0.323 e. The number of para-hydroxylation sites is 2. The highest BCUT2D eigenvalue weighted by Gasteiger charge is 2.13. The predicted molar refractivity (Wildman–Crippen MR) is 106 cm³/mol. The third-order valence-corrected chi connectivity index (χ3v) is 4.85. The van der Waals surface area contributed by atoms with Crippen molar-refractivity contribution in [3.05, 3.63) is 71.9 Å². The van der Waals surface area contributed by atoms with Gasteiger partial charge in [-0.2, -0.15) is 5.10 Å². The van der Waals surface area contributed by atoms with E-state index in [-0.39, 0.29) is 0 Å². The van der Waals surface area contributed by atoms with Crippen LogP contribution in [0.3, 0.4) is 0 Å². The van der Waals surface area contributed by atoms with Crippen molar-refractivity contribution in [2.45, 2.75) is 0 Å². The van der Waals surface area contributed by atoms with Crippen molar-refractivity contribution in [1.82, 2.24) is 19.4 Å². The van der Waals surface area contributed by atoms with E-state index >= 15 is 0 Å². The quantitative estimate of drug-likeness (QED) is 0.370. The lowest BCUT2D eigenvalue weighted by molar-refractivity contribution is 1.19. The minimum absolute atomic E-state index is 0.606. The Labute approximate surface area is 152 Å². The number of thiazole rings is 1. The Morgan fingerprint density at radius 3 is 2.77 bits per heavy atom. The van der Waals surface area contributed by atoms with Gasteiger partial charge in [0, 0.05) is 17.1 Å². The molecule has 6 nitrogen and oxygen atoms in total. The molecule has 0 saturated carbocycles. The Morgan fingerprint density at radius 1 is 1.04 bits per heavy atom. The van der Waals surface area contributed by atoms with E-state index in [1.54, 1.807) is 17.6 Å². The first-order valence-corrected chi connectivity index (χ1v) is 9.01. The number of rotatable bonds is 4. The number of fused-ring (bicyclic) bond motifs is 2. The Morgan fingerprint density at radius 2 is 1.88 bits per heavy atom. The van der Waals surface area contributed by atoms with Crippen LogP contribution in [0.2, 0.25) is 0 Å². The SMILES string of the molecule is C(=NNc1nc2ccccc2[nH]1)c1c(-c2ccccc2)nc2sccn12. The van der Waals surface area contributed by atoms with Crippen molar-refractivity contribution in [3.8, 4) is 11.3 Å². The van der Waals surface area contributed by atoms with Crippen LogP contribution in [0.5, 0.6) is 0 Å². The molecule has 2 N–H and O–H groups in total. The van der Waals surface area contributed by atoms with E-state index in [1.807, 2.05) is 58.4 Å². The third kappa shape index (κ3) is 2.55. The summed E-state index contributed by atoms with van der Waals surface area (Å²) in [6.45, 7) is 0. The van der Waals surface area contributed by atoms with Gasteiger partial charge in [-0.25, -0.2) is 15.4 Å². The zero-order valence-corrected chi connectivity index (χ0v) is 14.4. The van der Waals surface area contributed by atoms with Crippen LogP contribution >= 0.6 is 11.3 Å². The van der Waals surface area contributed by atoms with Crippen LogP contribution < -0.4 is 5.43 Å². The number of benzene rings is 2. The number of hydrazone groups is 1. The Balaban J connectivity index is 1.50. The summed E-state index contributed by atoms with van der Waals surface area (Å²) in [7, 11) is 0. The Bertz CT molecular complexity index is 1180. The van der Waals surface area contributed by atoms with Gasteiger partial charge in [0.1, 0.15) is 0 Å². The Hall–Kier alpha value is -3.45. The average Bonchev–Trinajstić information content (AvgIpc) is 3.37. The number of H-pyrrole nitrogens is 1. The minimum atomic E-state index is 0.606. The van der Waals surface area contributed by atoms with Crippen LogP contribution in [0.15, 0.2) is 71.3 Å². The van der Waals surface area contributed by atoms with Gasteiger partial charge < -0.3 is 4.98 Å². The zero-order valence-electron chi connectivity index (χ0n) is 13.6. The molecule has 0 radical (unpaired) electrons. The zero-order chi connectivity index (χ0) is 17.3. The molecule has 0 saturated heterocycles. The molecule has 5 rings (SSSR count). The van der Waals surface area contributed by atoms with Gasteiger partial charge in [0.25, 0.3) is 0 Å². The summed E-state index contributed by atoms with van der Waals surface area (Å²) in [5.41, 5.74) is 7.75. The molecule has 0 aliphatic carbocycles. The van der Waals surface area contributed by atoms with Gasteiger partial charge in [0.2, 0.25) is 5.95 Å². The molecule has 126 valence electrons. The van der Waals surface area contributed by atoms with Gasteiger partial charge in [-0.15, -0.1) is 11.3 Å². The van der Waals surface area contributed by atoms with Crippen molar-refractivity contribution >= 4 is 39.5 Å². The van der Waals surface area contributed by atoms with Crippen LogP contribution in [-0.2, 0) is 0 Å². The normalized spacial score (nSPS) is 11.7.